The summed E-state index contributed by atoms with van der Waals surface area (Å²) in [6.45, 7) is 5.18. The quantitative estimate of drug-likeness (QED) is 0.451. The predicted molar refractivity (Wildman–Crippen MR) is 124 cm³/mol. The molecular formula is C22H26N4OS2. The molecule has 0 aliphatic carbocycles. The molecule has 2 aliphatic heterocycles. The van der Waals surface area contributed by atoms with Gasteiger partial charge in [0.05, 0.1) is 26.3 Å². The van der Waals surface area contributed by atoms with E-state index >= 15 is 0 Å². The van der Waals surface area contributed by atoms with Crippen molar-refractivity contribution in [1.82, 2.24) is 10.6 Å². The van der Waals surface area contributed by atoms with E-state index in [0.717, 1.165) is 62.6 Å². The first-order valence-corrected chi connectivity index (χ1v) is 12.0. The zero-order chi connectivity index (χ0) is 19.7. The van der Waals surface area contributed by atoms with E-state index in [-0.39, 0.29) is 0 Å². The maximum Gasteiger partial charge on any atom is 0.128 e. The van der Waals surface area contributed by atoms with E-state index in [1.54, 1.807) is 0 Å². The molecule has 0 aromatic heterocycles. The molecule has 4 rings (SSSR count). The van der Waals surface area contributed by atoms with Crippen LogP contribution in [-0.2, 0) is 4.74 Å². The van der Waals surface area contributed by atoms with Crippen LogP contribution in [0.5, 0.6) is 0 Å². The van der Waals surface area contributed by atoms with Crippen LogP contribution in [0.1, 0.15) is 11.1 Å². The van der Waals surface area contributed by atoms with E-state index in [1.807, 2.05) is 23.5 Å². The van der Waals surface area contributed by atoms with Gasteiger partial charge in [-0.25, -0.2) is 0 Å². The Balaban J connectivity index is 1.08. The molecule has 7 heteroatoms. The standard InChI is InChI=1S/C22H26N4OS2/c1-5-19(6-2-17(1)21-23-9-10-24-21)28-15-13-27-14-16-29-20-7-3-18(4-8-20)22-25-11-12-26-22/h1-8H,9-16H2,(H,23,24)(H,25,26). The third-order valence-electron chi connectivity index (χ3n) is 4.60. The third-order valence-corrected chi connectivity index (χ3v) is 6.55. The fourth-order valence-electron chi connectivity index (χ4n) is 3.14. The molecule has 0 saturated carbocycles. The van der Waals surface area contributed by atoms with Gasteiger partial charge in [0, 0.05) is 45.5 Å². The molecule has 5 nitrogen and oxygen atoms in total. The highest BCUT2D eigenvalue weighted by atomic mass is 32.2. The topological polar surface area (TPSA) is 58.0 Å². The summed E-state index contributed by atoms with van der Waals surface area (Å²) in [4.78, 5) is 11.4. The van der Waals surface area contributed by atoms with Crippen molar-refractivity contribution in [2.24, 2.45) is 9.98 Å². The summed E-state index contributed by atoms with van der Waals surface area (Å²) < 4.78 is 5.79. The summed E-state index contributed by atoms with van der Waals surface area (Å²) in [5, 5.41) is 6.61. The molecule has 152 valence electrons. The first kappa shape index (κ1) is 20.3. The van der Waals surface area contributed by atoms with Gasteiger partial charge in [-0.3, -0.25) is 9.98 Å². The summed E-state index contributed by atoms with van der Waals surface area (Å²) in [5.74, 6) is 3.96. The molecule has 0 atom stereocenters. The minimum Gasteiger partial charge on any atom is -0.380 e. The number of benzene rings is 2. The molecule has 0 spiro atoms. The van der Waals surface area contributed by atoms with Crippen LogP contribution in [0, 0.1) is 0 Å². The van der Waals surface area contributed by atoms with Crippen molar-refractivity contribution in [3.63, 3.8) is 0 Å². The van der Waals surface area contributed by atoms with E-state index in [4.69, 9.17) is 4.74 Å². The second-order valence-corrected chi connectivity index (χ2v) is 9.01. The Labute approximate surface area is 180 Å². The van der Waals surface area contributed by atoms with Crippen LogP contribution in [0.3, 0.4) is 0 Å². The van der Waals surface area contributed by atoms with Gasteiger partial charge in [0.1, 0.15) is 11.7 Å². The van der Waals surface area contributed by atoms with Crippen molar-refractivity contribution in [3.05, 3.63) is 59.7 Å². The van der Waals surface area contributed by atoms with Gasteiger partial charge >= 0.3 is 0 Å². The van der Waals surface area contributed by atoms with E-state index in [9.17, 15) is 0 Å². The Kier molecular flexibility index (Phi) is 7.51. The fourth-order valence-corrected chi connectivity index (χ4v) is 4.67. The van der Waals surface area contributed by atoms with Crippen LogP contribution >= 0.6 is 23.5 Å². The van der Waals surface area contributed by atoms with Crippen molar-refractivity contribution in [1.29, 1.82) is 0 Å². The number of hydrogen-bond donors (Lipinski definition) is 2. The Hall–Kier alpha value is -1.96. The van der Waals surface area contributed by atoms with Gasteiger partial charge in [0.2, 0.25) is 0 Å². The Morgan fingerprint density at radius 2 is 1.14 bits per heavy atom. The van der Waals surface area contributed by atoms with Crippen LogP contribution in [-0.4, -0.2) is 62.6 Å². The van der Waals surface area contributed by atoms with Crippen LogP contribution in [0.15, 0.2) is 68.3 Å². The molecule has 2 aromatic rings. The van der Waals surface area contributed by atoms with Crippen LogP contribution < -0.4 is 10.6 Å². The van der Waals surface area contributed by atoms with Gasteiger partial charge < -0.3 is 15.4 Å². The molecule has 2 aliphatic rings. The first-order valence-electron chi connectivity index (χ1n) is 9.99. The lowest BCUT2D eigenvalue weighted by Crippen LogP contribution is -2.19. The largest absolute Gasteiger partial charge is 0.380 e. The fraction of sp³-hybridized carbons (Fsp3) is 0.364. The normalized spacial score (nSPS) is 15.6. The molecular weight excluding hydrogens is 400 g/mol. The number of nitrogens with zero attached hydrogens (tertiary/aromatic N) is 2. The number of thioether (sulfide) groups is 2. The van der Waals surface area contributed by atoms with Crippen LogP contribution in [0.4, 0.5) is 0 Å². The third kappa shape index (κ3) is 6.01. The van der Waals surface area contributed by atoms with E-state index in [1.165, 1.54) is 20.9 Å². The first-order chi connectivity index (χ1) is 14.4. The van der Waals surface area contributed by atoms with Crippen molar-refractivity contribution in [3.8, 4) is 0 Å². The summed E-state index contributed by atoms with van der Waals surface area (Å²) in [6, 6.07) is 17.2. The van der Waals surface area contributed by atoms with Gasteiger partial charge in [0.15, 0.2) is 0 Å². The Morgan fingerprint density at radius 3 is 1.52 bits per heavy atom. The van der Waals surface area contributed by atoms with Crippen molar-refractivity contribution in [2.45, 2.75) is 9.79 Å². The second kappa shape index (κ2) is 10.7. The minimum atomic E-state index is 0.770. The molecule has 2 N–H and O–H groups in total. The molecule has 0 amide bonds. The average molecular weight is 427 g/mol. The lowest BCUT2D eigenvalue weighted by atomic mass is 10.2. The van der Waals surface area contributed by atoms with Gasteiger partial charge in [-0.1, -0.05) is 24.3 Å². The zero-order valence-corrected chi connectivity index (χ0v) is 18.0. The number of nitrogens with one attached hydrogen (secondary N) is 2. The SMILES string of the molecule is c1cc(C2=NCCN2)ccc1SCCOCCSc1ccc(C2=NCCN2)cc1. The summed E-state index contributed by atoms with van der Waals surface area (Å²) in [5.41, 5.74) is 2.33. The lowest BCUT2D eigenvalue weighted by molar-refractivity contribution is 0.167. The Bertz CT molecular complexity index is 779. The van der Waals surface area contributed by atoms with Gasteiger partial charge in [-0.05, 0) is 24.3 Å². The highest BCUT2D eigenvalue weighted by Crippen LogP contribution is 2.20. The number of aliphatic imine (C=N–C) groups is 2. The molecule has 29 heavy (non-hydrogen) atoms. The molecule has 2 aromatic carbocycles. The van der Waals surface area contributed by atoms with Gasteiger partial charge in [0.25, 0.3) is 0 Å². The van der Waals surface area contributed by atoms with Crippen molar-refractivity contribution < 1.29 is 4.74 Å². The number of amidine groups is 2. The molecule has 0 fully saturated rings. The molecule has 0 saturated heterocycles. The predicted octanol–water partition coefficient (Wildman–Crippen LogP) is 3.29. The smallest absolute Gasteiger partial charge is 0.128 e. The number of ether oxygens (including phenoxy) is 1. The van der Waals surface area contributed by atoms with Crippen LogP contribution in [0.2, 0.25) is 0 Å². The van der Waals surface area contributed by atoms with Crippen molar-refractivity contribution >= 4 is 35.2 Å². The molecule has 0 radical (unpaired) electrons. The molecule has 0 unspecified atom stereocenters. The van der Waals surface area contributed by atoms with Crippen LogP contribution in [0.25, 0.3) is 0 Å². The van der Waals surface area contributed by atoms with Gasteiger partial charge in [-0.2, -0.15) is 0 Å². The molecule has 2 heterocycles. The Morgan fingerprint density at radius 1 is 0.690 bits per heavy atom. The highest BCUT2D eigenvalue weighted by Gasteiger charge is 2.08. The average Bonchev–Trinajstić information content (AvgIpc) is 3.48. The van der Waals surface area contributed by atoms with Crippen molar-refractivity contribution in [2.75, 3.05) is 50.9 Å². The second-order valence-electron chi connectivity index (χ2n) is 6.67. The maximum absolute atomic E-state index is 5.79. The highest BCUT2D eigenvalue weighted by molar-refractivity contribution is 7.99. The minimum absolute atomic E-state index is 0.770. The number of rotatable bonds is 10. The summed E-state index contributed by atoms with van der Waals surface area (Å²) in [6.07, 6.45) is 0. The van der Waals surface area contributed by atoms with Gasteiger partial charge in [-0.15, -0.1) is 23.5 Å². The monoisotopic (exact) mass is 426 g/mol. The van der Waals surface area contributed by atoms with E-state index in [2.05, 4.69) is 69.1 Å². The number of hydrogen-bond acceptors (Lipinski definition) is 7. The summed E-state index contributed by atoms with van der Waals surface area (Å²) in [7, 11) is 0. The van der Waals surface area contributed by atoms with E-state index in [0.29, 0.717) is 0 Å². The zero-order valence-electron chi connectivity index (χ0n) is 16.4. The lowest BCUT2D eigenvalue weighted by Gasteiger charge is -2.07. The van der Waals surface area contributed by atoms with E-state index < -0.39 is 0 Å². The maximum atomic E-state index is 5.79. The summed E-state index contributed by atoms with van der Waals surface area (Å²) >= 11 is 3.66. The molecule has 0 bridgehead atoms.